The van der Waals surface area contributed by atoms with Crippen molar-refractivity contribution in [3.63, 3.8) is 0 Å². The first-order valence-electron chi connectivity index (χ1n) is 20.3. The molecular weight excluding hydrogens is 773 g/mol. The second-order valence-electron chi connectivity index (χ2n) is 15.9. The summed E-state index contributed by atoms with van der Waals surface area (Å²) in [4.78, 5) is 51.2. The number of carboxylic acids is 1. The van der Waals surface area contributed by atoms with Crippen molar-refractivity contribution in [2.75, 3.05) is 6.61 Å². The summed E-state index contributed by atoms with van der Waals surface area (Å²) >= 11 is 0. The van der Waals surface area contributed by atoms with Crippen LogP contribution >= 0.6 is 0 Å². The third kappa shape index (κ3) is 8.70. The molecule has 3 unspecified atom stereocenters. The minimum absolute atomic E-state index is 0.0390. The van der Waals surface area contributed by atoms with Gasteiger partial charge >= 0.3 is 5.97 Å². The number of ether oxygens (including phenoxy) is 3. The van der Waals surface area contributed by atoms with E-state index >= 15 is 0 Å². The molecule has 0 fully saturated rings. The van der Waals surface area contributed by atoms with Gasteiger partial charge in [-0.2, -0.15) is 0 Å². The highest BCUT2D eigenvalue weighted by Crippen LogP contribution is 2.41. The van der Waals surface area contributed by atoms with Crippen LogP contribution in [-0.2, 0) is 35.6 Å². The second-order valence-corrected chi connectivity index (χ2v) is 15.9. The fourth-order valence-corrected chi connectivity index (χ4v) is 7.94. The minimum Gasteiger partial charge on any atom is -0.489 e. The monoisotopic (exact) mass is 820 g/mol. The Hall–Kier alpha value is -6.95. The van der Waals surface area contributed by atoms with Gasteiger partial charge in [0.1, 0.15) is 36.8 Å². The van der Waals surface area contributed by atoms with E-state index in [-0.39, 0.29) is 31.7 Å². The molecule has 312 valence electrons. The zero-order chi connectivity index (χ0) is 42.9. The predicted molar refractivity (Wildman–Crippen MR) is 228 cm³/mol. The number of hydrogen-bond acceptors (Lipinski definition) is 9. The number of carbonyl (C=O) groups is 3. The van der Waals surface area contributed by atoms with Crippen LogP contribution in [0, 0.1) is 41.5 Å². The molecule has 12 heteroatoms. The van der Waals surface area contributed by atoms with Crippen LogP contribution in [0.5, 0.6) is 17.2 Å². The normalized spacial score (nSPS) is 16.1. The quantitative estimate of drug-likeness (QED) is 0.131. The van der Waals surface area contributed by atoms with E-state index in [0.717, 1.165) is 56.0 Å². The molecular formula is C49H48N4O8. The van der Waals surface area contributed by atoms with Crippen LogP contribution in [0.15, 0.2) is 95.5 Å². The van der Waals surface area contributed by atoms with Crippen LogP contribution in [0.25, 0.3) is 11.1 Å². The average Bonchev–Trinajstić information content (AvgIpc) is 3.60. The molecule has 4 aromatic carbocycles. The number of oxazole rings is 1. The second kappa shape index (κ2) is 17.0. The van der Waals surface area contributed by atoms with E-state index in [2.05, 4.69) is 47.3 Å². The molecule has 0 saturated carbocycles. The van der Waals surface area contributed by atoms with Gasteiger partial charge in [-0.15, -0.1) is 0 Å². The van der Waals surface area contributed by atoms with Gasteiger partial charge in [0.05, 0.1) is 0 Å². The van der Waals surface area contributed by atoms with Gasteiger partial charge in [-0.1, -0.05) is 54.6 Å². The third-order valence-electron chi connectivity index (χ3n) is 11.7. The number of amides is 2. The molecule has 0 aliphatic carbocycles. The Morgan fingerprint density at radius 3 is 2.31 bits per heavy atom. The summed E-state index contributed by atoms with van der Waals surface area (Å²) in [5.74, 6) is 0.125. The van der Waals surface area contributed by atoms with Crippen molar-refractivity contribution in [3.05, 3.63) is 159 Å². The van der Waals surface area contributed by atoms with Gasteiger partial charge in [0.15, 0.2) is 29.2 Å². The van der Waals surface area contributed by atoms with Gasteiger partial charge < -0.3 is 34.0 Å². The molecule has 0 spiro atoms. The summed E-state index contributed by atoms with van der Waals surface area (Å²) in [6, 6.07) is 25.0. The number of aromatic nitrogens is 2. The molecule has 6 aromatic rings. The maximum absolute atomic E-state index is 14.2. The Balaban J connectivity index is 0.993. The molecule has 2 aliphatic heterocycles. The van der Waals surface area contributed by atoms with Crippen LogP contribution < -0.4 is 19.5 Å². The standard InChI is InChI=1S/C49H48N4O8/c1-27-7-8-34(19-28(27)2)25-58-39-15-13-36(14-16-39)45-26-59-43-22-37-21-42(53(24-38(37)23-44(43)61-45)48(55)46-31(5)60-32(6)51-46)47(54)52-41(49(56)57)20-33-9-11-35(12-10-33)40-17-18-50-30(4)29(40)3/h7-19,22-23,41-42,45H,20-21,24-26H2,1-6H3,(H,52,54)(H,56,57). The van der Waals surface area contributed by atoms with Gasteiger partial charge in [-0.25, -0.2) is 9.78 Å². The van der Waals surface area contributed by atoms with E-state index in [0.29, 0.717) is 29.8 Å². The van der Waals surface area contributed by atoms with Crippen molar-refractivity contribution in [3.8, 4) is 28.4 Å². The van der Waals surface area contributed by atoms with Gasteiger partial charge in [-0.3, -0.25) is 14.6 Å². The number of carbonyl (C=O) groups excluding carboxylic acids is 2. The van der Waals surface area contributed by atoms with Crippen LogP contribution in [0.1, 0.15) is 78.4 Å². The molecule has 61 heavy (non-hydrogen) atoms. The SMILES string of the molecule is Cc1nc(C(=O)N2Cc3cc4c(cc3CC2C(=O)NC(Cc2ccc(-c3ccnc(C)c3C)cc2)C(=O)O)OCC(c2ccc(OCc3ccc(C)c(C)c3)cc2)O4)c(C)o1. The maximum Gasteiger partial charge on any atom is 0.326 e. The van der Waals surface area contributed by atoms with Crippen LogP contribution in [0.2, 0.25) is 0 Å². The molecule has 2 amide bonds. The van der Waals surface area contributed by atoms with Crippen molar-refractivity contribution in [2.24, 2.45) is 0 Å². The Morgan fingerprint density at radius 2 is 1.61 bits per heavy atom. The number of aliphatic carboxylic acids is 1. The van der Waals surface area contributed by atoms with Gasteiger partial charge in [0.25, 0.3) is 5.91 Å². The molecule has 0 saturated heterocycles. The molecule has 12 nitrogen and oxygen atoms in total. The van der Waals surface area contributed by atoms with Crippen molar-refractivity contribution >= 4 is 17.8 Å². The van der Waals surface area contributed by atoms with E-state index in [1.807, 2.05) is 80.6 Å². The number of aryl methyl sites for hydroxylation is 5. The van der Waals surface area contributed by atoms with Gasteiger partial charge in [0.2, 0.25) is 5.91 Å². The molecule has 4 heterocycles. The number of nitrogens with one attached hydrogen (secondary N) is 1. The van der Waals surface area contributed by atoms with Crippen LogP contribution in [-0.4, -0.2) is 56.4 Å². The molecule has 3 atom stereocenters. The Labute approximate surface area is 354 Å². The fraction of sp³-hybridized carbons (Fsp3) is 0.286. The largest absolute Gasteiger partial charge is 0.489 e. The summed E-state index contributed by atoms with van der Waals surface area (Å²) in [5.41, 5.74) is 10.9. The van der Waals surface area contributed by atoms with Crippen LogP contribution in [0.3, 0.4) is 0 Å². The first-order chi connectivity index (χ1) is 29.3. The lowest BCUT2D eigenvalue weighted by Crippen LogP contribution is -2.56. The number of carboxylic acid groups (broad SMARTS) is 1. The fourth-order valence-electron chi connectivity index (χ4n) is 7.94. The average molecular weight is 821 g/mol. The number of fused-ring (bicyclic) bond motifs is 2. The lowest BCUT2D eigenvalue weighted by molar-refractivity contribution is -0.142. The number of nitrogens with zero attached hydrogens (tertiary/aromatic N) is 3. The predicted octanol–water partition coefficient (Wildman–Crippen LogP) is 8.06. The maximum atomic E-state index is 14.2. The number of rotatable bonds is 11. The first-order valence-corrected chi connectivity index (χ1v) is 20.3. The summed E-state index contributed by atoms with van der Waals surface area (Å²) in [6.07, 6.45) is 1.52. The molecule has 2 aromatic heterocycles. The molecule has 0 bridgehead atoms. The van der Waals surface area contributed by atoms with E-state index in [4.69, 9.17) is 18.6 Å². The zero-order valence-electron chi connectivity index (χ0n) is 35.1. The lowest BCUT2D eigenvalue weighted by atomic mass is 9.91. The van der Waals surface area contributed by atoms with Crippen molar-refractivity contribution < 1.29 is 38.1 Å². The molecule has 0 radical (unpaired) electrons. The number of hydrogen-bond donors (Lipinski definition) is 2. The van der Waals surface area contributed by atoms with Crippen molar-refractivity contribution in [2.45, 2.75) is 85.7 Å². The Bertz CT molecular complexity index is 2640. The van der Waals surface area contributed by atoms with E-state index in [1.165, 1.54) is 16.0 Å². The first kappa shape index (κ1) is 40.8. The summed E-state index contributed by atoms with van der Waals surface area (Å²) in [7, 11) is 0. The lowest BCUT2D eigenvalue weighted by Gasteiger charge is -2.37. The third-order valence-corrected chi connectivity index (χ3v) is 11.7. The molecule has 2 aliphatic rings. The van der Waals surface area contributed by atoms with E-state index in [1.54, 1.807) is 20.0 Å². The Morgan fingerprint density at radius 1 is 0.869 bits per heavy atom. The number of pyridine rings is 1. The number of benzene rings is 4. The molecule has 2 N–H and O–H groups in total. The summed E-state index contributed by atoms with van der Waals surface area (Å²) < 4.78 is 24.4. The molecule has 8 rings (SSSR count). The highest BCUT2D eigenvalue weighted by Gasteiger charge is 2.39. The summed E-state index contributed by atoms with van der Waals surface area (Å²) in [5, 5.41) is 13.0. The smallest absolute Gasteiger partial charge is 0.326 e. The van der Waals surface area contributed by atoms with Gasteiger partial charge in [0, 0.05) is 38.2 Å². The Kier molecular flexibility index (Phi) is 11.3. The topological polar surface area (TPSA) is 153 Å². The van der Waals surface area contributed by atoms with Crippen LogP contribution in [0.4, 0.5) is 0 Å². The van der Waals surface area contributed by atoms with Crippen molar-refractivity contribution in [1.82, 2.24) is 20.2 Å². The highest BCUT2D eigenvalue weighted by molar-refractivity contribution is 5.98. The minimum atomic E-state index is -1.26. The highest BCUT2D eigenvalue weighted by atomic mass is 16.6. The zero-order valence-corrected chi connectivity index (χ0v) is 35.1. The van der Waals surface area contributed by atoms with Crippen molar-refractivity contribution in [1.29, 1.82) is 0 Å². The van der Waals surface area contributed by atoms with E-state index < -0.39 is 36.0 Å². The summed E-state index contributed by atoms with van der Waals surface area (Å²) in [6.45, 7) is 12.2. The van der Waals surface area contributed by atoms with E-state index in [9.17, 15) is 19.5 Å². The van der Waals surface area contributed by atoms with Gasteiger partial charge in [-0.05, 0) is 121 Å².